The number of carbonyl (C=O) groups is 2. The zero-order valence-corrected chi connectivity index (χ0v) is 21.6. The summed E-state index contributed by atoms with van der Waals surface area (Å²) in [5, 5.41) is 9.31. The van der Waals surface area contributed by atoms with Gasteiger partial charge in [-0.05, 0) is 79.8 Å². The van der Waals surface area contributed by atoms with Crippen LogP contribution in [0.1, 0.15) is 80.1 Å². The minimum atomic E-state index is -0.508. The Hall–Kier alpha value is -3.59. The molecule has 2 aliphatic carbocycles. The number of ether oxygens (including phenoxy) is 2. The lowest BCUT2D eigenvalue weighted by Gasteiger charge is -2.36. The van der Waals surface area contributed by atoms with Crippen LogP contribution >= 0.6 is 0 Å². The van der Waals surface area contributed by atoms with Crippen molar-refractivity contribution in [2.45, 2.75) is 71.0 Å². The molecule has 6 heteroatoms. The maximum atomic E-state index is 13.6. The predicted molar refractivity (Wildman–Crippen MR) is 137 cm³/mol. The Kier molecular flexibility index (Phi) is 5.70. The molecule has 1 aliphatic heterocycles. The number of Topliss-reactive ketones (excluding diaryl/α,β-unsaturated/α-hetero) is 1. The molecule has 186 valence electrons. The van der Waals surface area contributed by atoms with Crippen LogP contribution in [0, 0.1) is 11.3 Å². The predicted octanol–water partition coefficient (Wildman–Crippen LogP) is 5.82. The Balaban J connectivity index is 1.33. The van der Waals surface area contributed by atoms with Crippen LogP contribution in [-0.2, 0) is 16.6 Å². The fraction of sp³-hybridized carbons (Fsp3) is 0.433. The number of nitrogens with zero attached hydrogens (tertiary/aromatic N) is 2. The molecule has 2 aromatic rings. The van der Waals surface area contributed by atoms with Gasteiger partial charge in [0.15, 0.2) is 5.78 Å². The van der Waals surface area contributed by atoms with Crippen LogP contribution in [0.4, 0.5) is 4.79 Å². The van der Waals surface area contributed by atoms with Gasteiger partial charge in [0, 0.05) is 42.5 Å². The average molecular weight is 485 g/mol. The fourth-order valence-electron chi connectivity index (χ4n) is 5.57. The quantitative estimate of drug-likeness (QED) is 0.537. The normalized spacial score (nSPS) is 18.8. The van der Waals surface area contributed by atoms with Crippen LogP contribution in [-0.4, -0.2) is 41.6 Å². The lowest BCUT2D eigenvalue weighted by atomic mass is 9.68. The molecular formula is C30H32N2O4. The molecule has 0 bridgehead atoms. The minimum absolute atomic E-state index is 0.000874. The summed E-state index contributed by atoms with van der Waals surface area (Å²) in [5.41, 5.74) is 5.33. The van der Waals surface area contributed by atoms with E-state index < -0.39 is 5.60 Å². The lowest BCUT2D eigenvalue weighted by molar-refractivity contribution is 0.0126. The van der Waals surface area contributed by atoms with Gasteiger partial charge in [-0.1, -0.05) is 19.9 Å². The summed E-state index contributed by atoms with van der Waals surface area (Å²) in [6.45, 7) is 11.1. The van der Waals surface area contributed by atoms with E-state index in [4.69, 9.17) is 9.47 Å². The highest BCUT2D eigenvalue weighted by Crippen LogP contribution is 2.50. The van der Waals surface area contributed by atoms with E-state index in [2.05, 4.69) is 19.9 Å². The van der Waals surface area contributed by atoms with Crippen LogP contribution in [0.5, 0.6) is 5.75 Å². The molecule has 1 fully saturated rings. The molecule has 6 nitrogen and oxygen atoms in total. The van der Waals surface area contributed by atoms with Gasteiger partial charge in [0.25, 0.3) is 0 Å². The number of hydrogen-bond donors (Lipinski definition) is 0. The van der Waals surface area contributed by atoms with Gasteiger partial charge in [-0.3, -0.25) is 4.79 Å². The zero-order chi connectivity index (χ0) is 25.8. The second kappa shape index (κ2) is 8.51. The lowest BCUT2D eigenvalue weighted by Crippen LogP contribution is -2.44. The maximum absolute atomic E-state index is 13.6. The van der Waals surface area contributed by atoms with Crippen molar-refractivity contribution in [2.75, 3.05) is 13.1 Å². The number of fused-ring (bicyclic) bond motifs is 3. The monoisotopic (exact) mass is 484 g/mol. The van der Waals surface area contributed by atoms with E-state index in [1.165, 1.54) is 0 Å². The van der Waals surface area contributed by atoms with Crippen LogP contribution in [0.2, 0.25) is 0 Å². The first-order valence-electron chi connectivity index (χ1n) is 12.6. The first kappa shape index (κ1) is 24.1. The molecular weight excluding hydrogens is 452 g/mol. The summed E-state index contributed by atoms with van der Waals surface area (Å²) in [5.74, 6) is 0.789. The summed E-state index contributed by atoms with van der Waals surface area (Å²) < 4.78 is 11.8. The van der Waals surface area contributed by atoms with Crippen molar-refractivity contribution in [3.05, 3.63) is 69.8 Å². The molecule has 0 saturated carbocycles. The molecule has 0 atom stereocenters. The van der Waals surface area contributed by atoms with E-state index in [9.17, 15) is 14.9 Å². The van der Waals surface area contributed by atoms with Crippen molar-refractivity contribution >= 4 is 17.4 Å². The summed E-state index contributed by atoms with van der Waals surface area (Å²) in [7, 11) is 0. The highest BCUT2D eigenvalue weighted by atomic mass is 16.6. The zero-order valence-electron chi connectivity index (χ0n) is 21.6. The number of amides is 1. The number of allylic oxidation sites excluding steroid dienone is 2. The Bertz CT molecular complexity index is 1330. The number of hydrogen-bond acceptors (Lipinski definition) is 5. The second-order valence-corrected chi connectivity index (χ2v) is 11.5. The number of likely N-dealkylation sites (tertiary alicyclic amines) is 1. The maximum Gasteiger partial charge on any atom is 0.410 e. The van der Waals surface area contributed by atoms with Crippen molar-refractivity contribution in [3.8, 4) is 11.8 Å². The third kappa shape index (κ3) is 4.17. The topological polar surface area (TPSA) is 79.6 Å². The van der Waals surface area contributed by atoms with E-state index in [1.807, 2.05) is 51.1 Å². The van der Waals surface area contributed by atoms with Crippen molar-refractivity contribution in [3.63, 3.8) is 0 Å². The summed E-state index contributed by atoms with van der Waals surface area (Å²) >= 11 is 0. The number of rotatable bonds is 2. The molecule has 1 saturated heterocycles. The van der Waals surface area contributed by atoms with Crippen molar-refractivity contribution in [1.29, 1.82) is 5.26 Å². The van der Waals surface area contributed by atoms with Crippen LogP contribution in [0.25, 0.3) is 5.57 Å². The van der Waals surface area contributed by atoms with E-state index in [0.29, 0.717) is 30.6 Å². The van der Waals surface area contributed by atoms with Crippen LogP contribution in [0.15, 0.2) is 42.0 Å². The molecule has 1 heterocycles. The number of nitriles is 1. The average Bonchev–Trinajstić information content (AvgIpc) is 3.22. The van der Waals surface area contributed by atoms with Gasteiger partial charge < -0.3 is 14.4 Å². The molecule has 0 spiro atoms. The Morgan fingerprint density at radius 2 is 1.78 bits per heavy atom. The second-order valence-electron chi connectivity index (χ2n) is 11.5. The largest absolute Gasteiger partial charge is 0.490 e. The molecule has 0 N–H and O–H groups in total. The minimum Gasteiger partial charge on any atom is -0.490 e. The third-order valence-electron chi connectivity index (χ3n) is 7.46. The van der Waals surface area contributed by atoms with Gasteiger partial charge in [-0.25, -0.2) is 4.79 Å². The SMILES string of the molecule is CC(C)(C)OC(=O)N1CCC(Oc2ccc3c(c2)C(C)(C)C2=C(C3=O)c3ccc(C#N)cc3C2)CC1. The fourth-order valence-corrected chi connectivity index (χ4v) is 5.57. The van der Waals surface area contributed by atoms with Crippen LogP contribution < -0.4 is 4.74 Å². The highest BCUT2D eigenvalue weighted by Gasteiger charge is 2.43. The molecule has 0 aromatic heterocycles. The summed E-state index contributed by atoms with van der Waals surface area (Å²) in [4.78, 5) is 27.7. The van der Waals surface area contributed by atoms with Gasteiger partial charge in [0.1, 0.15) is 17.5 Å². The number of carbonyl (C=O) groups excluding carboxylic acids is 2. The number of benzene rings is 2. The highest BCUT2D eigenvalue weighted by molar-refractivity contribution is 6.33. The molecule has 0 unspecified atom stereocenters. The van der Waals surface area contributed by atoms with Gasteiger partial charge >= 0.3 is 6.09 Å². The van der Waals surface area contributed by atoms with Crippen LogP contribution in [0.3, 0.4) is 0 Å². The van der Waals surface area contributed by atoms with Gasteiger partial charge in [-0.2, -0.15) is 5.26 Å². The third-order valence-corrected chi connectivity index (χ3v) is 7.46. The van der Waals surface area contributed by atoms with Crippen molar-refractivity contribution in [2.24, 2.45) is 0 Å². The summed E-state index contributed by atoms with van der Waals surface area (Å²) in [6, 6.07) is 13.6. The number of piperidine rings is 1. The molecule has 3 aliphatic rings. The Morgan fingerprint density at radius 3 is 2.44 bits per heavy atom. The molecule has 36 heavy (non-hydrogen) atoms. The van der Waals surface area contributed by atoms with E-state index in [1.54, 1.807) is 11.0 Å². The molecule has 5 rings (SSSR count). The van der Waals surface area contributed by atoms with E-state index >= 15 is 0 Å². The Morgan fingerprint density at radius 1 is 1.08 bits per heavy atom. The van der Waals surface area contributed by atoms with Crippen molar-refractivity contribution < 1.29 is 19.1 Å². The molecule has 1 amide bonds. The van der Waals surface area contributed by atoms with E-state index in [-0.39, 0.29) is 23.4 Å². The first-order chi connectivity index (χ1) is 17.0. The summed E-state index contributed by atoms with van der Waals surface area (Å²) in [6.07, 6.45) is 1.85. The van der Waals surface area contributed by atoms with Gasteiger partial charge in [-0.15, -0.1) is 0 Å². The first-order valence-corrected chi connectivity index (χ1v) is 12.6. The molecule has 0 radical (unpaired) electrons. The standard InChI is InChI=1S/C30H32N2O4/c1-29(2,3)36-28(34)32-12-10-20(11-13-32)35-21-7-9-23-24(16-21)30(4,5)25-15-19-14-18(17-31)6-8-22(19)26(25)27(23)33/h6-9,14,16,20H,10-13,15H2,1-5H3. The molecule has 2 aromatic carbocycles. The van der Waals surface area contributed by atoms with Gasteiger partial charge in [0.05, 0.1) is 11.6 Å². The Labute approximate surface area is 212 Å². The number of ketones is 1. The van der Waals surface area contributed by atoms with Crippen molar-refractivity contribution in [1.82, 2.24) is 4.90 Å². The van der Waals surface area contributed by atoms with E-state index in [0.717, 1.165) is 46.4 Å². The van der Waals surface area contributed by atoms with Gasteiger partial charge in [0.2, 0.25) is 0 Å². The smallest absolute Gasteiger partial charge is 0.410 e.